The first-order valence-electron chi connectivity index (χ1n) is 5.85. The maximum Gasteiger partial charge on any atom is 0.323 e. The molecule has 0 amide bonds. The van der Waals surface area contributed by atoms with Crippen molar-refractivity contribution in [2.24, 2.45) is 0 Å². The van der Waals surface area contributed by atoms with E-state index in [1.165, 1.54) is 13.0 Å². The molecule has 2 N–H and O–H groups in total. The zero-order valence-electron chi connectivity index (χ0n) is 10.6. The lowest BCUT2D eigenvalue weighted by Gasteiger charge is -2.04. The molecule has 0 unspecified atom stereocenters. The smallest absolute Gasteiger partial charge is 0.323 e. The van der Waals surface area contributed by atoms with Crippen molar-refractivity contribution in [1.29, 1.82) is 0 Å². The molecule has 0 aliphatic rings. The fourth-order valence-corrected chi connectivity index (χ4v) is 2.53. The quantitative estimate of drug-likeness (QED) is 0.653. The second-order valence-electron chi connectivity index (χ2n) is 4.16. The summed E-state index contributed by atoms with van der Waals surface area (Å²) in [5, 5.41) is 29.6. The van der Waals surface area contributed by atoms with E-state index in [1.54, 1.807) is 24.3 Å². The van der Waals surface area contributed by atoms with Crippen LogP contribution in [-0.2, 0) is 6.61 Å². The number of benzene rings is 1. The molecule has 0 aliphatic heterocycles. The van der Waals surface area contributed by atoms with Gasteiger partial charge < -0.3 is 14.9 Å². The molecule has 1 atom stereocenters. The first-order chi connectivity index (χ1) is 9.51. The Labute approximate surface area is 119 Å². The summed E-state index contributed by atoms with van der Waals surface area (Å²) in [6.07, 6.45) is -0.792. The highest BCUT2D eigenvalue weighted by atomic mass is 32.1. The predicted octanol–water partition coefficient (Wildman–Crippen LogP) is 2.99. The average Bonchev–Trinajstić information content (AvgIpc) is 2.83. The number of ether oxygens (including phenoxy) is 1. The fraction of sp³-hybridized carbons (Fsp3) is 0.231. The van der Waals surface area contributed by atoms with Gasteiger partial charge in [0.1, 0.15) is 5.75 Å². The Hall–Kier alpha value is -1.96. The molecule has 0 spiro atoms. The highest BCUT2D eigenvalue weighted by Gasteiger charge is 2.23. The average molecular weight is 295 g/mol. The summed E-state index contributed by atoms with van der Waals surface area (Å²) in [4.78, 5) is 10.9. The van der Waals surface area contributed by atoms with Crippen molar-refractivity contribution in [1.82, 2.24) is 0 Å². The van der Waals surface area contributed by atoms with Crippen molar-refractivity contribution >= 4 is 17.0 Å². The molecular weight excluding hydrogens is 282 g/mol. The molecule has 0 fully saturated rings. The molecule has 0 aliphatic carbocycles. The van der Waals surface area contributed by atoms with Gasteiger partial charge in [-0.15, -0.1) is 0 Å². The van der Waals surface area contributed by atoms with Crippen molar-refractivity contribution < 1.29 is 19.9 Å². The maximum atomic E-state index is 11.0. The summed E-state index contributed by atoms with van der Waals surface area (Å²) in [6, 6.07) is 7.96. The third kappa shape index (κ3) is 3.13. The summed E-state index contributed by atoms with van der Waals surface area (Å²) in [5.41, 5.74) is 0.470. The van der Waals surface area contributed by atoms with Gasteiger partial charge >= 0.3 is 5.69 Å². The van der Waals surface area contributed by atoms with Gasteiger partial charge in [0, 0.05) is 10.9 Å². The molecule has 20 heavy (non-hydrogen) atoms. The highest BCUT2D eigenvalue weighted by molar-refractivity contribution is 7.14. The fourth-order valence-electron chi connectivity index (χ4n) is 1.60. The van der Waals surface area contributed by atoms with E-state index in [0.717, 1.165) is 11.3 Å². The van der Waals surface area contributed by atoms with Gasteiger partial charge in [-0.25, -0.2) is 0 Å². The highest BCUT2D eigenvalue weighted by Crippen LogP contribution is 2.41. The number of aliphatic hydroxyl groups excluding tert-OH is 2. The summed E-state index contributed by atoms with van der Waals surface area (Å²) in [5.74, 6) is 0.402. The number of aliphatic hydroxyl groups is 2. The molecule has 106 valence electrons. The van der Waals surface area contributed by atoms with Crippen molar-refractivity contribution in [3.63, 3.8) is 0 Å². The second-order valence-corrected chi connectivity index (χ2v) is 5.21. The number of nitro groups is 1. The van der Waals surface area contributed by atoms with Gasteiger partial charge in [0.05, 0.1) is 17.6 Å². The van der Waals surface area contributed by atoms with Gasteiger partial charge in [0.25, 0.3) is 5.06 Å². The number of thiophene rings is 1. The van der Waals surface area contributed by atoms with Crippen LogP contribution in [-0.4, -0.2) is 15.1 Å². The Morgan fingerprint density at radius 2 is 2.20 bits per heavy atom. The lowest BCUT2D eigenvalue weighted by Crippen LogP contribution is -1.90. The van der Waals surface area contributed by atoms with Crippen LogP contribution in [0.4, 0.5) is 5.69 Å². The van der Waals surface area contributed by atoms with Crippen LogP contribution in [0.3, 0.4) is 0 Å². The molecule has 7 heteroatoms. The topological polar surface area (TPSA) is 92.8 Å². The Morgan fingerprint density at radius 1 is 1.45 bits per heavy atom. The lowest BCUT2D eigenvalue weighted by molar-refractivity contribution is -0.385. The molecule has 0 saturated heterocycles. The van der Waals surface area contributed by atoms with Crippen LogP contribution in [0.5, 0.6) is 10.8 Å². The van der Waals surface area contributed by atoms with E-state index in [2.05, 4.69) is 0 Å². The molecular formula is C13H13NO5S. The normalized spacial score (nSPS) is 12.2. The molecule has 1 heterocycles. The molecule has 0 bridgehead atoms. The van der Waals surface area contributed by atoms with E-state index in [1.807, 2.05) is 0 Å². The van der Waals surface area contributed by atoms with E-state index >= 15 is 0 Å². The van der Waals surface area contributed by atoms with Gasteiger partial charge in [0.2, 0.25) is 0 Å². The standard InChI is InChI=1S/C13H13NO5S/c1-8(16)12-6-11(14(17)18)13(20-12)19-10-4-2-3-9(5-10)7-15/h2-6,8,15-16H,7H2,1H3/t8-/m1/s1. The van der Waals surface area contributed by atoms with E-state index in [9.17, 15) is 15.2 Å². The Morgan fingerprint density at radius 3 is 2.80 bits per heavy atom. The zero-order chi connectivity index (χ0) is 14.7. The van der Waals surface area contributed by atoms with Crippen molar-refractivity contribution in [2.45, 2.75) is 19.6 Å². The third-order valence-corrected chi connectivity index (χ3v) is 3.77. The van der Waals surface area contributed by atoms with Gasteiger partial charge in [-0.1, -0.05) is 23.5 Å². The Kier molecular flexibility index (Phi) is 4.33. The monoisotopic (exact) mass is 295 g/mol. The number of nitrogens with zero attached hydrogens (tertiary/aromatic N) is 1. The number of hydrogen-bond donors (Lipinski definition) is 2. The number of rotatable bonds is 5. The van der Waals surface area contributed by atoms with Crippen LogP contribution in [0.25, 0.3) is 0 Å². The zero-order valence-corrected chi connectivity index (χ0v) is 11.5. The first kappa shape index (κ1) is 14.4. The molecule has 0 saturated carbocycles. The van der Waals surface area contributed by atoms with Gasteiger partial charge in [0.15, 0.2) is 0 Å². The van der Waals surface area contributed by atoms with E-state index in [4.69, 9.17) is 9.84 Å². The van der Waals surface area contributed by atoms with Crippen LogP contribution < -0.4 is 4.74 Å². The molecule has 6 nitrogen and oxygen atoms in total. The molecule has 2 rings (SSSR count). The summed E-state index contributed by atoms with van der Waals surface area (Å²) < 4.78 is 5.50. The van der Waals surface area contributed by atoms with Crippen LogP contribution in [0.15, 0.2) is 30.3 Å². The van der Waals surface area contributed by atoms with Crippen LogP contribution in [0, 0.1) is 10.1 Å². The van der Waals surface area contributed by atoms with Gasteiger partial charge in [-0.2, -0.15) is 0 Å². The Balaban J connectivity index is 2.34. The van der Waals surface area contributed by atoms with Gasteiger partial charge in [-0.05, 0) is 24.6 Å². The van der Waals surface area contributed by atoms with E-state index in [-0.39, 0.29) is 17.4 Å². The minimum absolute atomic E-state index is 0.112. The van der Waals surface area contributed by atoms with E-state index < -0.39 is 11.0 Å². The Bertz CT molecular complexity index is 623. The number of hydrogen-bond acceptors (Lipinski definition) is 6. The van der Waals surface area contributed by atoms with Crippen LogP contribution >= 0.6 is 11.3 Å². The van der Waals surface area contributed by atoms with Crippen LogP contribution in [0.1, 0.15) is 23.5 Å². The summed E-state index contributed by atoms with van der Waals surface area (Å²) >= 11 is 1.03. The molecule has 2 aromatic rings. The summed E-state index contributed by atoms with van der Waals surface area (Å²) in [6.45, 7) is 1.40. The van der Waals surface area contributed by atoms with E-state index in [0.29, 0.717) is 16.2 Å². The summed E-state index contributed by atoms with van der Waals surface area (Å²) in [7, 11) is 0. The minimum atomic E-state index is -0.792. The van der Waals surface area contributed by atoms with Crippen molar-refractivity contribution in [2.75, 3.05) is 0 Å². The minimum Gasteiger partial charge on any atom is -0.440 e. The molecule has 1 aromatic heterocycles. The predicted molar refractivity (Wildman–Crippen MR) is 74.0 cm³/mol. The third-order valence-electron chi connectivity index (χ3n) is 2.60. The largest absolute Gasteiger partial charge is 0.440 e. The maximum absolute atomic E-state index is 11.0. The first-order valence-corrected chi connectivity index (χ1v) is 6.66. The molecule has 0 radical (unpaired) electrons. The molecule has 1 aromatic carbocycles. The lowest BCUT2D eigenvalue weighted by atomic mass is 10.2. The second kappa shape index (κ2) is 6.00. The SMILES string of the molecule is C[C@@H](O)c1cc([N+](=O)[O-])c(Oc2cccc(CO)c2)s1. The van der Waals surface area contributed by atoms with Crippen molar-refractivity contribution in [3.8, 4) is 10.8 Å². The van der Waals surface area contributed by atoms with Crippen molar-refractivity contribution in [3.05, 3.63) is 50.9 Å². The van der Waals surface area contributed by atoms with Gasteiger partial charge in [-0.3, -0.25) is 10.1 Å². The van der Waals surface area contributed by atoms with Crippen LogP contribution in [0.2, 0.25) is 0 Å².